The summed E-state index contributed by atoms with van der Waals surface area (Å²) in [4.78, 5) is 13.5. The first-order chi connectivity index (χ1) is 30.2. The lowest BCUT2D eigenvalue weighted by Gasteiger charge is -2.73. The van der Waals surface area contributed by atoms with Gasteiger partial charge in [0.1, 0.15) is 66.8 Å². The summed E-state index contributed by atoms with van der Waals surface area (Å²) in [6.45, 7) is 18.3. The zero-order valence-electron chi connectivity index (χ0n) is 39.4. The average Bonchev–Trinajstić information content (AvgIpc) is 3.50. The van der Waals surface area contributed by atoms with Crippen LogP contribution < -0.4 is 0 Å². The summed E-state index contributed by atoms with van der Waals surface area (Å²) < 4.78 is 44.1. The van der Waals surface area contributed by atoms with Crippen molar-refractivity contribution in [3.05, 3.63) is 12.2 Å². The van der Waals surface area contributed by atoms with Crippen molar-refractivity contribution >= 4 is 5.78 Å². The molecular formula is C48H76O17. The standard InChI is InChI=1S/C48H76O17/c1-21-30(52)33(55)36(58)39(60-21)64-38-35(57)32(54)23(19-49)62-41(38)65-37-34(56)31(53)22(2)61-40(37)63-29-12-13-44(7)24(43(29,5)6)10-14-45(8)25(44)11-15-48-26-16-42(3,4)27(50)18-47(26,20-59-48)28(51)17-46(45,48)9/h11,15,21-26,28-41,49,51-58H,10,12-14,16-20H2,1-9H3/t21-,22+,23+,24-,25+,26+,28+,29-,30-,31-,32+,33+,34-,35-,36+,37+,38+,39-,40-,41-,44-,45+,46-,47+,48-/m0/s1. The normalized spacial score (nSPS) is 58.0. The van der Waals surface area contributed by atoms with Gasteiger partial charge < -0.3 is 79.1 Å². The minimum Gasteiger partial charge on any atom is -0.394 e. The van der Waals surface area contributed by atoms with Crippen LogP contribution in [0, 0.1) is 50.2 Å². The van der Waals surface area contributed by atoms with Crippen LogP contribution in [0.2, 0.25) is 0 Å². The Labute approximate surface area is 381 Å². The van der Waals surface area contributed by atoms with Gasteiger partial charge >= 0.3 is 0 Å². The maximum absolute atomic E-state index is 13.5. The molecule has 0 radical (unpaired) electrons. The first kappa shape index (κ1) is 48.8. The van der Waals surface area contributed by atoms with E-state index in [1.807, 2.05) is 13.8 Å². The Morgan fingerprint density at radius 3 is 1.94 bits per heavy atom. The molecule has 0 aromatic carbocycles. The zero-order chi connectivity index (χ0) is 47.4. The lowest BCUT2D eigenvalue weighted by molar-refractivity contribution is -0.396. The molecule has 0 aromatic rings. The molecule has 1 spiro atoms. The third kappa shape index (κ3) is 6.79. The SMILES string of the molecule is C[C@@H]1O[C@@H](O[C@H]2[C@H](O[C@H]3[C@H](O[C@H]4CC[C@]5(C)[C@H]6C=C[C@]78OC[C@@]9(CC(=O)C(C)(C)C[C@H]97)[C@H](O)C[C@@]8(C)[C@]6(C)CC[C@H]5C4(C)C)O[C@H](C)[C@H](O)[C@@H]3O)O[C@H](CO)[C@@H](O)[C@@H]2O)[C@H](O)[C@H](O)[C@H]1O. The van der Waals surface area contributed by atoms with Crippen molar-refractivity contribution in [2.45, 2.75) is 217 Å². The number of aliphatic hydroxyl groups excluding tert-OH is 9. The van der Waals surface area contributed by atoms with Gasteiger partial charge in [0.2, 0.25) is 0 Å². The zero-order valence-corrected chi connectivity index (χ0v) is 39.4. The van der Waals surface area contributed by atoms with Crippen LogP contribution in [0.3, 0.4) is 0 Å². The van der Waals surface area contributed by atoms with Gasteiger partial charge in [-0.2, -0.15) is 0 Å². The van der Waals surface area contributed by atoms with E-state index in [1.165, 1.54) is 6.92 Å². The molecule has 0 aromatic heterocycles. The van der Waals surface area contributed by atoms with E-state index in [2.05, 4.69) is 46.8 Å². The van der Waals surface area contributed by atoms with Crippen molar-refractivity contribution in [2.24, 2.45) is 50.2 Å². The van der Waals surface area contributed by atoms with Crippen molar-refractivity contribution in [3.63, 3.8) is 0 Å². The molecule has 17 nitrogen and oxygen atoms in total. The summed E-state index contributed by atoms with van der Waals surface area (Å²) in [7, 11) is 0. The van der Waals surface area contributed by atoms with Crippen molar-refractivity contribution < 1.29 is 83.9 Å². The van der Waals surface area contributed by atoms with Crippen molar-refractivity contribution in [3.8, 4) is 0 Å². The van der Waals surface area contributed by atoms with Crippen molar-refractivity contribution in [1.82, 2.24) is 0 Å². The van der Waals surface area contributed by atoms with Crippen LogP contribution in [0.5, 0.6) is 0 Å². The number of ketones is 1. The molecule has 4 saturated heterocycles. The quantitative estimate of drug-likeness (QED) is 0.127. The number of Topliss-reactive ketones (excluding diaryl/α,β-unsaturated/α-hetero) is 1. The molecule has 65 heavy (non-hydrogen) atoms. The molecule has 9 aliphatic rings. The summed E-state index contributed by atoms with van der Waals surface area (Å²) in [6, 6.07) is 0. The van der Waals surface area contributed by atoms with E-state index in [-0.39, 0.29) is 34.4 Å². The second-order valence-electron chi connectivity index (χ2n) is 23.7. The van der Waals surface area contributed by atoms with E-state index < -0.39 is 138 Å². The Balaban J connectivity index is 0.978. The maximum Gasteiger partial charge on any atom is 0.187 e. The largest absolute Gasteiger partial charge is 0.394 e. The molecule has 370 valence electrons. The summed E-state index contributed by atoms with van der Waals surface area (Å²) >= 11 is 0. The van der Waals surface area contributed by atoms with Crippen molar-refractivity contribution in [1.29, 1.82) is 0 Å². The maximum atomic E-state index is 13.5. The molecule has 0 unspecified atom stereocenters. The number of hydrogen-bond donors (Lipinski definition) is 9. The molecule has 4 heterocycles. The predicted octanol–water partition coefficient (Wildman–Crippen LogP) is 0.835. The monoisotopic (exact) mass is 925 g/mol. The number of carbonyl (C=O) groups is 1. The Hall–Kier alpha value is -1.23. The van der Waals surface area contributed by atoms with Crippen molar-refractivity contribution in [2.75, 3.05) is 13.2 Å². The lowest BCUT2D eigenvalue weighted by atomic mass is 9.32. The highest BCUT2D eigenvalue weighted by molar-refractivity contribution is 5.86. The van der Waals surface area contributed by atoms with Gasteiger partial charge in [-0.1, -0.05) is 60.6 Å². The first-order valence-corrected chi connectivity index (χ1v) is 24.1. The minimum atomic E-state index is -1.80. The van der Waals surface area contributed by atoms with Gasteiger partial charge in [-0.25, -0.2) is 0 Å². The number of carbonyl (C=O) groups excluding carboxylic acids is 1. The first-order valence-electron chi connectivity index (χ1n) is 24.1. The van der Waals surface area contributed by atoms with Gasteiger partial charge in [0.05, 0.1) is 43.2 Å². The van der Waals surface area contributed by atoms with Crippen LogP contribution in [0.1, 0.15) is 107 Å². The molecular weight excluding hydrogens is 849 g/mol. The van der Waals surface area contributed by atoms with Gasteiger partial charge in [-0.3, -0.25) is 4.79 Å². The molecule has 4 aliphatic heterocycles. The predicted molar refractivity (Wildman–Crippen MR) is 227 cm³/mol. The molecule has 17 heteroatoms. The fraction of sp³-hybridized carbons (Fsp3) is 0.938. The number of rotatable bonds is 7. The van der Waals surface area contributed by atoms with Gasteiger partial charge in [0, 0.05) is 28.6 Å². The van der Waals surface area contributed by atoms with Crippen LogP contribution in [0.25, 0.3) is 0 Å². The van der Waals surface area contributed by atoms with Gasteiger partial charge in [0.15, 0.2) is 18.9 Å². The molecule has 8 fully saturated rings. The Kier molecular flexibility index (Phi) is 12.1. The van der Waals surface area contributed by atoms with Crippen LogP contribution in [-0.4, -0.2) is 175 Å². The van der Waals surface area contributed by atoms with Crippen LogP contribution in [0.4, 0.5) is 0 Å². The fourth-order valence-electron chi connectivity index (χ4n) is 15.5. The van der Waals surface area contributed by atoms with E-state index in [1.54, 1.807) is 6.92 Å². The summed E-state index contributed by atoms with van der Waals surface area (Å²) in [5.41, 5.74) is -3.03. The highest BCUT2D eigenvalue weighted by atomic mass is 16.8. The topological polar surface area (TPSA) is 264 Å². The van der Waals surface area contributed by atoms with E-state index >= 15 is 0 Å². The molecule has 25 atom stereocenters. The highest BCUT2D eigenvalue weighted by Gasteiger charge is 2.79. The molecule has 9 rings (SSSR count). The number of aliphatic hydroxyl groups is 9. The number of hydrogen-bond acceptors (Lipinski definition) is 17. The van der Waals surface area contributed by atoms with Crippen LogP contribution in [-0.2, 0) is 38.0 Å². The van der Waals surface area contributed by atoms with Gasteiger partial charge in [-0.15, -0.1) is 0 Å². The van der Waals surface area contributed by atoms with Gasteiger partial charge in [-0.05, 0) is 80.5 Å². The van der Waals surface area contributed by atoms with E-state index in [9.17, 15) is 50.8 Å². The number of fused-ring (bicyclic) bond motifs is 4. The van der Waals surface area contributed by atoms with E-state index in [0.717, 1.165) is 19.3 Å². The Bertz CT molecular complexity index is 1850. The van der Waals surface area contributed by atoms with E-state index in [4.69, 9.17) is 33.2 Å². The molecule has 2 bridgehead atoms. The van der Waals surface area contributed by atoms with E-state index in [0.29, 0.717) is 32.3 Å². The molecule has 5 aliphatic carbocycles. The highest BCUT2D eigenvalue weighted by Crippen LogP contribution is 2.79. The number of allylic oxidation sites excluding steroid dienone is 1. The summed E-state index contributed by atoms with van der Waals surface area (Å²) in [6.07, 6.45) is -14.1. The average molecular weight is 925 g/mol. The van der Waals surface area contributed by atoms with Crippen LogP contribution >= 0.6 is 0 Å². The second-order valence-corrected chi connectivity index (χ2v) is 23.7. The Morgan fingerprint density at radius 2 is 1.28 bits per heavy atom. The third-order valence-electron chi connectivity index (χ3n) is 19.8. The molecule has 0 amide bonds. The molecule has 9 N–H and O–H groups in total. The summed E-state index contributed by atoms with van der Waals surface area (Å²) in [5.74, 6) is 0.490. The van der Waals surface area contributed by atoms with Gasteiger partial charge in [0.25, 0.3) is 0 Å². The third-order valence-corrected chi connectivity index (χ3v) is 19.8. The van der Waals surface area contributed by atoms with Crippen LogP contribution in [0.15, 0.2) is 12.2 Å². The minimum absolute atomic E-state index is 0.0139. The Morgan fingerprint density at radius 1 is 0.677 bits per heavy atom. The summed E-state index contributed by atoms with van der Waals surface area (Å²) in [5, 5.41) is 98.8. The smallest absolute Gasteiger partial charge is 0.187 e. The number of ether oxygens (including phenoxy) is 7. The fourth-order valence-corrected chi connectivity index (χ4v) is 15.5. The second kappa shape index (κ2) is 16.2. The molecule has 4 saturated carbocycles. The lowest BCUT2D eigenvalue weighted by Crippen LogP contribution is -2.73.